The van der Waals surface area contributed by atoms with E-state index < -0.39 is 11.5 Å². The molecular weight excluding hydrogens is 233 g/mol. The molecule has 0 aliphatic heterocycles. The van der Waals surface area contributed by atoms with Crippen molar-refractivity contribution >= 4 is 6.29 Å². The quantitative estimate of drug-likeness (QED) is 0.721. The van der Waals surface area contributed by atoms with Crippen molar-refractivity contribution in [3.05, 3.63) is 0 Å². The fourth-order valence-corrected chi connectivity index (χ4v) is 0.658. The molecule has 4 heteroatoms. The average Bonchev–Trinajstić information content (AvgIpc) is 2.00. The third-order valence-corrected chi connectivity index (χ3v) is 1.69. The number of ether oxygens (including phenoxy) is 1. The van der Waals surface area contributed by atoms with Crippen LogP contribution in [0.25, 0.3) is 0 Å². The topological polar surface area (TPSA) is 46.5 Å². The Morgan fingerprint density at radius 2 is 2.08 bits per heavy atom. The van der Waals surface area contributed by atoms with Crippen LogP contribution in [0.5, 0.6) is 0 Å². The molecule has 0 aromatic heterocycles. The SMILES string of the molecule is COCC[C@@H](O)C(C)(C)[C-]=O.[Y]. The van der Waals surface area contributed by atoms with E-state index in [2.05, 4.69) is 0 Å². The molecule has 1 atom stereocenters. The second kappa shape index (κ2) is 7.13. The van der Waals surface area contributed by atoms with Crippen molar-refractivity contribution in [1.82, 2.24) is 0 Å². The molecule has 0 aromatic carbocycles. The molecule has 1 N–H and O–H groups in total. The van der Waals surface area contributed by atoms with Crippen LogP contribution in [-0.4, -0.2) is 31.2 Å². The van der Waals surface area contributed by atoms with Gasteiger partial charge in [-0.25, -0.2) is 0 Å². The second-order valence-corrected chi connectivity index (χ2v) is 3.12. The van der Waals surface area contributed by atoms with E-state index >= 15 is 0 Å². The Bertz CT molecular complexity index is 125. The largest absolute Gasteiger partial charge is 0.541 e. The normalized spacial score (nSPS) is 13.3. The van der Waals surface area contributed by atoms with Gasteiger partial charge in [0.25, 0.3) is 0 Å². The number of methoxy groups -OCH3 is 1. The van der Waals surface area contributed by atoms with Crippen molar-refractivity contribution in [2.45, 2.75) is 26.4 Å². The van der Waals surface area contributed by atoms with Gasteiger partial charge in [0.2, 0.25) is 0 Å². The van der Waals surface area contributed by atoms with E-state index in [0.29, 0.717) is 13.0 Å². The van der Waals surface area contributed by atoms with Crippen molar-refractivity contribution in [1.29, 1.82) is 0 Å². The summed E-state index contributed by atoms with van der Waals surface area (Å²) >= 11 is 0. The van der Waals surface area contributed by atoms with Gasteiger partial charge in [0.05, 0.1) is 0 Å². The van der Waals surface area contributed by atoms with E-state index in [0.717, 1.165) is 0 Å². The second-order valence-electron chi connectivity index (χ2n) is 3.12. The molecule has 12 heavy (non-hydrogen) atoms. The number of aliphatic hydroxyl groups is 1. The average molecular weight is 248 g/mol. The first-order valence-electron chi connectivity index (χ1n) is 3.61. The van der Waals surface area contributed by atoms with Gasteiger partial charge in [0.1, 0.15) is 0 Å². The standard InChI is InChI=1S/C8H15O3.Y/c1-8(2,6-9)7(10)4-5-11-3;/h7,10H,4-5H2,1-3H3;/q-1;/t7-;/m1./s1. The number of rotatable bonds is 5. The first-order chi connectivity index (χ1) is 5.04. The van der Waals surface area contributed by atoms with Crippen LogP contribution < -0.4 is 0 Å². The Kier molecular flexibility index (Phi) is 9.02. The van der Waals surface area contributed by atoms with Gasteiger partial charge in [-0.05, 0) is 6.42 Å². The molecule has 0 saturated heterocycles. The maximum absolute atomic E-state index is 10.3. The molecular formula is C8H15O3Y-. The molecule has 0 bridgehead atoms. The van der Waals surface area contributed by atoms with E-state index in [4.69, 9.17) is 4.74 Å². The number of hydrogen-bond donors (Lipinski definition) is 1. The van der Waals surface area contributed by atoms with E-state index in [-0.39, 0.29) is 32.7 Å². The van der Waals surface area contributed by atoms with Crippen LogP contribution in [-0.2, 0) is 42.2 Å². The third kappa shape index (κ3) is 5.36. The molecule has 0 aliphatic carbocycles. The van der Waals surface area contributed by atoms with Gasteiger partial charge >= 0.3 is 0 Å². The van der Waals surface area contributed by atoms with Crippen LogP contribution in [0.3, 0.4) is 0 Å². The molecule has 0 rings (SSSR count). The maximum atomic E-state index is 10.3. The van der Waals surface area contributed by atoms with Crippen molar-refractivity contribution in [2.75, 3.05) is 13.7 Å². The minimum absolute atomic E-state index is 0. The van der Waals surface area contributed by atoms with Crippen molar-refractivity contribution < 1.29 is 47.3 Å². The van der Waals surface area contributed by atoms with Gasteiger partial charge in [-0.1, -0.05) is 13.8 Å². The number of carbonyl (C=O) groups excluding carboxylic acids is 1. The van der Waals surface area contributed by atoms with Gasteiger partial charge in [-0.3, -0.25) is 6.29 Å². The first kappa shape index (κ1) is 15.2. The van der Waals surface area contributed by atoms with Crippen LogP contribution in [0.2, 0.25) is 0 Å². The number of aliphatic hydroxyl groups excluding tert-OH is 1. The zero-order valence-corrected chi connectivity index (χ0v) is 10.7. The summed E-state index contributed by atoms with van der Waals surface area (Å²) in [5.41, 5.74) is -0.779. The Morgan fingerprint density at radius 1 is 1.58 bits per heavy atom. The Balaban J connectivity index is 0. The summed E-state index contributed by atoms with van der Waals surface area (Å²) in [6, 6.07) is 0. The zero-order valence-electron chi connectivity index (χ0n) is 7.83. The first-order valence-corrected chi connectivity index (χ1v) is 3.61. The van der Waals surface area contributed by atoms with Crippen LogP contribution in [0.1, 0.15) is 20.3 Å². The molecule has 0 aromatic rings. The van der Waals surface area contributed by atoms with Crippen LogP contribution in [0.4, 0.5) is 0 Å². The Labute approximate surface area is 98.7 Å². The summed E-state index contributed by atoms with van der Waals surface area (Å²) in [6.07, 6.45) is 1.60. The molecule has 0 fully saturated rings. The van der Waals surface area contributed by atoms with Crippen LogP contribution in [0.15, 0.2) is 0 Å². The van der Waals surface area contributed by atoms with Gasteiger partial charge in [0, 0.05) is 52.5 Å². The van der Waals surface area contributed by atoms with E-state index in [1.54, 1.807) is 27.2 Å². The van der Waals surface area contributed by atoms with Crippen molar-refractivity contribution in [2.24, 2.45) is 5.41 Å². The summed E-state index contributed by atoms with van der Waals surface area (Å²) in [7, 11) is 1.56. The summed E-state index contributed by atoms with van der Waals surface area (Å²) < 4.78 is 4.76. The molecule has 3 nitrogen and oxygen atoms in total. The van der Waals surface area contributed by atoms with Gasteiger partial charge < -0.3 is 14.6 Å². The molecule has 0 unspecified atom stereocenters. The van der Waals surface area contributed by atoms with E-state index in [9.17, 15) is 9.90 Å². The third-order valence-electron chi connectivity index (χ3n) is 1.69. The predicted octanol–water partition coefficient (Wildman–Crippen LogP) is 0.517. The van der Waals surface area contributed by atoms with E-state index in [1.165, 1.54) is 0 Å². The molecule has 1 radical (unpaired) electrons. The molecule has 0 saturated carbocycles. The molecule has 0 spiro atoms. The summed E-state index contributed by atoms with van der Waals surface area (Å²) in [5.74, 6) is 0. The fraction of sp³-hybridized carbons (Fsp3) is 0.875. The number of hydrogen-bond acceptors (Lipinski definition) is 3. The molecule has 0 aliphatic rings. The van der Waals surface area contributed by atoms with Crippen LogP contribution in [0, 0.1) is 5.41 Å². The van der Waals surface area contributed by atoms with Gasteiger partial charge in [0.15, 0.2) is 0 Å². The Morgan fingerprint density at radius 3 is 2.42 bits per heavy atom. The molecule has 0 amide bonds. The van der Waals surface area contributed by atoms with E-state index in [1.807, 2.05) is 0 Å². The summed E-state index contributed by atoms with van der Waals surface area (Å²) in [5, 5.41) is 9.37. The summed E-state index contributed by atoms with van der Waals surface area (Å²) in [4.78, 5) is 10.3. The minimum Gasteiger partial charge on any atom is -0.541 e. The van der Waals surface area contributed by atoms with Crippen molar-refractivity contribution in [3.8, 4) is 0 Å². The molecule has 69 valence electrons. The van der Waals surface area contributed by atoms with Crippen molar-refractivity contribution in [3.63, 3.8) is 0 Å². The molecule has 0 heterocycles. The van der Waals surface area contributed by atoms with Crippen LogP contribution >= 0.6 is 0 Å². The smallest absolute Gasteiger partial charge is 0.0486 e. The monoisotopic (exact) mass is 248 g/mol. The Hall–Kier alpha value is 0.694. The zero-order chi connectivity index (χ0) is 8.91. The van der Waals surface area contributed by atoms with Gasteiger partial charge in [-0.2, -0.15) is 0 Å². The maximum Gasteiger partial charge on any atom is 0.0486 e. The summed E-state index contributed by atoms with van der Waals surface area (Å²) in [6.45, 7) is 3.77. The predicted molar refractivity (Wildman–Crippen MR) is 42.0 cm³/mol. The van der Waals surface area contributed by atoms with Gasteiger partial charge in [-0.15, -0.1) is 5.41 Å². The minimum atomic E-state index is -0.779. The fourth-order valence-electron chi connectivity index (χ4n) is 0.658.